The molecule has 0 rings (SSSR count). The second-order valence-corrected chi connectivity index (χ2v) is 6.46. The highest BCUT2D eigenvalue weighted by atomic mass is 28.4. The Bertz CT molecular complexity index is 157. The Morgan fingerprint density at radius 3 is 1.87 bits per heavy atom. The highest BCUT2D eigenvalue weighted by Crippen LogP contribution is 2.12. The fourth-order valence-electron chi connectivity index (χ4n) is 1.41. The minimum atomic E-state index is -2.71. The van der Waals surface area contributed by atoms with Crippen molar-refractivity contribution in [1.82, 2.24) is 10.1 Å². The Hall–Kier alpha value is 0.0169. The van der Waals surface area contributed by atoms with Gasteiger partial charge in [-0.25, -0.2) is 0 Å². The van der Waals surface area contributed by atoms with Crippen molar-refractivity contribution in [1.29, 1.82) is 0 Å². The number of hydrogen-bond donors (Lipinski definition) is 1. The van der Waals surface area contributed by atoms with Crippen LogP contribution in [0.3, 0.4) is 0 Å². The molecule has 5 nitrogen and oxygen atoms in total. The highest BCUT2D eigenvalue weighted by Gasteiger charge is 2.46. The summed E-state index contributed by atoms with van der Waals surface area (Å²) >= 11 is 0. The number of nitrogens with zero attached hydrogens (tertiary/aromatic N) is 1. The largest absolute Gasteiger partial charge is 0.613 e. The average molecular weight is 236 g/mol. The zero-order chi connectivity index (χ0) is 11.9. The minimum absolute atomic E-state index is 0.511. The van der Waals surface area contributed by atoms with Gasteiger partial charge in [0.05, 0.1) is 0 Å². The van der Waals surface area contributed by atoms with Crippen molar-refractivity contribution >= 4 is 8.97 Å². The lowest BCUT2D eigenvalue weighted by atomic mass is 10.2. The van der Waals surface area contributed by atoms with Gasteiger partial charge in [-0.05, 0) is 5.92 Å². The lowest BCUT2D eigenvalue weighted by molar-refractivity contribution is 0.0334. The molecule has 0 aliphatic carbocycles. The second kappa shape index (κ2) is 7.32. The summed E-state index contributed by atoms with van der Waals surface area (Å²) in [5, 5.41) is 0. The molecule has 0 spiro atoms. The van der Waals surface area contributed by atoms with E-state index in [1.165, 1.54) is 0 Å². The molecular formula is C9H24N2O3Si. The molecule has 0 fully saturated rings. The van der Waals surface area contributed by atoms with Gasteiger partial charge in [-0.2, -0.15) is 4.67 Å². The van der Waals surface area contributed by atoms with Gasteiger partial charge in [-0.1, -0.05) is 20.8 Å². The van der Waals surface area contributed by atoms with E-state index in [0.717, 1.165) is 13.1 Å². The van der Waals surface area contributed by atoms with Gasteiger partial charge in [0, 0.05) is 34.4 Å². The zero-order valence-electron chi connectivity index (χ0n) is 10.7. The van der Waals surface area contributed by atoms with Crippen LogP contribution in [0, 0.1) is 5.92 Å². The molecule has 0 heterocycles. The number of hydrazine groups is 1. The van der Waals surface area contributed by atoms with Gasteiger partial charge < -0.3 is 13.3 Å². The first-order chi connectivity index (χ1) is 7.06. The molecule has 15 heavy (non-hydrogen) atoms. The highest BCUT2D eigenvalue weighted by molar-refractivity contribution is 6.57. The molecular weight excluding hydrogens is 212 g/mol. The van der Waals surface area contributed by atoms with Crippen molar-refractivity contribution in [2.24, 2.45) is 5.92 Å². The third-order valence-electron chi connectivity index (χ3n) is 2.00. The Kier molecular flexibility index (Phi) is 7.32. The lowest BCUT2D eigenvalue weighted by Crippen LogP contribution is -2.65. The summed E-state index contributed by atoms with van der Waals surface area (Å²) in [4.78, 5) is 0. The molecule has 6 heteroatoms. The van der Waals surface area contributed by atoms with Crippen LogP contribution in [0.25, 0.3) is 0 Å². The monoisotopic (exact) mass is 236 g/mol. The summed E-state index contributed by atoms with van der Waals surface area (Å²) in [5.74, 6) is 0.511. The van der Waals surface area contributed by atoms with Crippen molar-refractivity contribution in [3.63, 3.8) is 0 Å². The van der Waals surface area contributed by atoms with E-state index in [1.54, 1.807) is 21.3 Å². The smallest absolute Gasteiger partial charge is 0.364 e. The summed E-state index contributed by atoms with van der Waals surface area (Å²) in [7, 11) is 2.14. The zero-order valence-corrected chi connectivity index (χ0v) is 11.7. The van der Waals surface area contributed by atoms with Gasteiger partial charge in [0.1, 0.15) is 0 Å². The first kappa shape index (κ1) is 15.0. The molecule has 0 bridgehead atoms. The van der Waals surface area contributed by atoms with E-state index in [9.17, 15) is 0 Å². The molecule has 0 aliphatic heterocycles. The molecule has 0 aliphatic rings. The van der Waals surface area contributed by atoms with E-state index in [4.69, 9.17) is 13.3 Å². The molecule has 0 saturated heterocycles. The minimum Gasteiger partial charge on any atom is -0.364 e. The lowest BCUT2D eigenvalue weighted by Gasteiger charge is -2.36. The van der Waals surface area contributed by atoms with E-state index >= 15 is 0 Å². The van der Waals surface area contributed by atoms with E-state index in [2.05, 4.69) is 19.3 Å². The second-order valence-electron chi connectivity index (χ2n) is 3.65. The third-order valence-corrected chi connectivity index (χ3v) is 4.55. The van der Waals surface area contributed by atoms with Crippen LogP contribution < -0.4 is 5.43 Å². The van der Waals surface area contributed by atoms with Crippen LogP contribution >= 0.6 is 0 Å². The van der Waals surface area contributed by atoms with E-state index in [0.29, 0.717) is 5.92 Å². The van der Waals surface area contributed by atoms with Crippen molar-refractivity contribution in [2.45, 2.75) is 20.8 Å². The molecule has 92 valence electrons. The first-order valence-electron chi connectivity index (χ1n) is 5.22. The number of hydrogen-bond acceptors (Lipinski definition) is 5. The predicted molar refractivity (Wildman–Crippen MR) is 62.0 cm³/mol. The fraction of sp³-hybridized carbons (Fsp3) is 1.00. The van der Waals surface area contributed by atoms with Gasteiger partial charge in [-0.15, -0.1) is 0 Å². The van der Waals surface area contributed by atoms with Crippen molar-refractivity contribution in [3.05, 3.63) is 0 Å². The molecule has 0 radical (unpaired) electrons. The molecule has 0 unspecified atom stereocenters. The Labute approximate surface area is 94.1 Å². The quantitative estimate of drug-likeness (QED) is 0.500. The summed E-state index contributed by atoms with van der Waals surface area (Å²) in [6.45, 7) is 7.97. The number of rotatable bonds is 8. The summed E-state index contributed by atoms with van der Waals surface area (Å²) < 4.78 is 18.2. The van der Waals surface area contributed by atoms with Crippen LogP contribution in [0.5, 0.6) is 0 Å². The third kappa shape index (κ3) is 4.18. The molecule has 0 saturated carbocycles. The summed E-state index contributed by atoms with van der Waals surface area (Å²) in [6.07, 6.45) is 0. The maximum Gasteiger partial charge on any atom is 0.613 e. The van der Waals surface area contributed by atoms with Crippen LogP contribution in [0.15, 0.2) is 0 Å². The summed E-state index contributed by atoms with van der Waals surface area (Å²) in [5.41, 5.74) is 3.23. The van der Waals surface area contributed by atoms with E-state index in [-0.39, 0.29) is 0 Å². The van der Waals surface area contributed by atoms with Gasteiger partial charge in [0.25, 0.3) is 0 Å². The van der Waals surface area contributed by atoms with Crippen LogP contribution in [-0.2, 0) is 13.3 Å². The van der Waals surface area contributed by atoms with Gasteiger partial charge in [-0.3, -0.25) is 5.43 Å². The van der Waals surface area contributed by atoms with E-state index in [1.807, 2.05) is 11.6 Å². The van der Waals surface area contributed by atoms with Crippen molar-refractivity contribution < 1.29 is 13.3 Å². The number of nitrogens with one attached hydrogen (secondary N) is 1. The molecule has 0 aromatic carbocycles. The maximum absolute atomic E-state index is 5.41. The van der Waals surface area contributed by atoms with Crippen molar-refractivity contribution in [3.8, 4) is 0 Å². The maximum atomic E-state index is 5.41. The fourth-order valence-corrected chi connectivity index (χ4v) is 3.51. The molecule has 0 aromatic heterocycles. The van der Waals surface area contributed by atoms with Crippen LogP contribution in [-0.4, -0.2) is 48.1 Å². The van der Waals surface area contributed by atoms with Crippen molar-refractivity contribution in [2.75, 3.05) is 34.4 Å². The molecule has 0 amide bonds. The van der Waals surface area contributed by atoms with Crippen LogP contribution in [0.1, 0.15) is 20.8 Å². The Balaban J connectivity index is 4.65. The Morgan fingerprint density at radius 2 is 1.60 bits per heavy atom. The summed E-state index contributed by atoms with van der Waals surface area (Å²) in [6, 6.07) is 0. The molecule has 0 aromatic rings. The van der Waals surface area contributed by atoms with Gasteiger partial charge in [0.2, 0.25) is 0 Å². The Morgan fingerprint density at radius 1 is 1.13 bits per heavy atom. The van der Waals surface area contributed by atoms with Crippen LogP contribution in [0.4, 0.5) is 0 Å². The van der Waals surface area contributed by atoms with Gasteiger partial charge in [0.15, 0.2) is 0 Å². The van der Waals surface area contributed by atoms with Crippen LogP contribution in [0.2, 0.25) is 0 Å². The molecule has 1 N–H and O–H groups in total. The SMILES string of the molecule is CCNN(CC(C)C)[Si](OC)(OC)OC. The normalized spacial score (nSPS) is 12.8. The standard InChI is InChI=1S/C9H24N2O3Si/c1-7-10-11(8-9(2)3)15(12-4,13-5)14-6/h9-10H,7-8H2,1-6H3. The van der Waals surface area contributed by atoms with E-state index < -0.39 is 8.97 Å². The predicted octanol–water partition coefficient (Wildman–Crippen LogP) is 0.844. The topological polar surface area (TPSA) is 43.0 Å². The molecule has 0 atom stereocenters. The average Bonchev–Trinajstić information content (AvgIpc) is 2.21. The first-order valence-corrected chi connectivity index (χ1v) is 6.90. The van der Waals surface area contributed by atoms with Gasteiger partial charge >= 0.3 is 8.97 Å².